The Bertz CT molecular complexity index is 458. The summed E-state index contributed by atoms with van der Waals surface area (Å²) in [5.74, 6) is -6.34. The van der Waals surface area contributed by atoms with Crippen molar-refractivity contribution in [3.8, 4) is 0 Å². The number of pyridine rings is 1. The summed E-state index contributed by atoms with van der Waals surface area (Å²) in [6.45, 7) is 0. The van der Waals surface area contributed by atoms with E-state index in [0.29, 0.717) is 6.42 Å². The van der Waals surface area contributed by atoms with Gasteiger partial charge in [0.2, 0.25) is 11.6 Å². The van der Waals surface area contributed by atoms with Crippen LogP contribution in [0.5, 0.6) is 0 Å². The van der Waals surface area contributed by atoms with Crippen molar-refractivity contribution in [3.05, 3.63) is 23.5 Å². The first-order valence-electron chi connectivity index (χ1n) is 6.54. The molecule has 0 radical (unpaired) electrons. The van der Waals surface area contributed by atoms with Gasteiger partial charge in [0.25, 0.3) is 11.9 Å². The van der Waals surface area contributed by atoms with E-state index in [1.807, 2.05) is 0 Å². The van der Waals surface area contributed by atoms with Crippen molar-refractivity contribution in [2.75, 3.05) is 12.4 Å². The SMILES string of the molecule is CO[C@@H]1CCCCC[C@H]1Nc1c(F)c(F)nc(F)c1F. The molecule has 1 aliphatic carbocycles. The monoisotopic (exact) mass is 292 g/mol. The first kappa shape index (κ1) is 15.0. The summed E-state index contributed by atoms with van der Waals surface area (Å²) in [6.07, 6.45) is 3.88. The molecule has 1 N–H and O–H groups in total. The molecular weight excluding hydrogens is 276 g/mol. The number of hydrogen-bond donors (Lipinski definition) is 1. The van der Waals surface area contributed by atoms with Gasteiger partial charge < -0.3 is 10.1 Å². The average molecular weight is 292 g/mol. The summed E-state index contributed by atoms with van der Waals surface area (Å²) in [5.41, 5.74) is -0.816. The number of nitrogens with one attached hydrogen (secondary N) is 1. The molecule has 2 rings (SSSR count). The topological polar surface area (TPSA) is 34.1 Å². The van der Waals surface area contributed by atoms with E-state index in [-0.39, 0.29) is 6.10 Å². The molecule has 1 aliphatic rings. The third-order valence-corrected chi connectivity index (χ3v) is 3.58. The van der Waals surface area contributed by atoms with E-state index in [1.54, 1.807) is 0 Å². The zero-order valence-corrected chi connectivity index (χ0v) is 11.1. The standard InChI is InChI=1S/C13H16F4N2O/c1-20-8-6-4-2-3-5-7(8)18-11-9(14)12(16)19-13(17)10(11)15/h7-8H,2-6H2,1H3,(H,18,19)/t7-,8-/m1/s1. The Morgan fingerprint density at radius 3 is 2.20 bits per heavy atom. The lowest BCUT2D eigenvalue weighted by Gasteiger charge is -2.26. The normalized spacial score (nSPS) is 23.4. The van der Waals surface area contributed by atoms with Gasteiger partial charge in [-0.3, -0.25) is 0 Å². The predicted molar refractivity (Wildman–Crippen MR) is 65.4 cm³/mol. The van der Waals surface area contributed by atoms with Crippen LogP contribution in [-0.2, 0) is 4.74 Å². The predicted octanol–water partition coefficient (Wildman–Crippen LogP) is 3.40. The molecule has 1 heterocycles. The number of aromatic nitrogens is 1. The van der Waals surface area contributed by atoms with Crippen molar-refractivity contribution in [1.29, 1.82) is 0 Å². The highest BCUT2D eigenvalue weighted by Gasteiger charge is 2.28. The molecule has 112 valence electrons. The second-order valence-corrected chi connectivity index (χ2v) is 4.86. The molecule has 1 aromatic heterocycles. The van der Waals surface area contributed by atoms with E-state index in [4.69, 9.17) is 4.74 Å². The second kappa shape index (κ2) is 6.39. The van der Waals surface area contributed by atoms with Crippen molar-refractivity contribution < 1.29 is 22.3 Å². The minimum atomic E-state index is -1.66. The Morgan fingerprint density at radius 2 is 1.60 bits per heavy atom. The van der Waals surface area contributed by atoms with Crippen LogP contribution < -0.4 is 5.32 Å². The van der Waals surface area contributed by atoms with E-state index < -0.39 is 35.3 Å². The fourth-order valence-corrected chi connectivity index (χ4v) is 2.52. The van der Waals surface area contributed by atoms with E-state index in [0.717, 1.165) is 25.7 Å². The number of nitrogens with zero attached hydrogens (tertiary/aromatic N) is 1. The Kier molecular flexibility index (Phi) is 4.80. The molecule has 20 heavy (non-hydrogen) atoms. The van der Waals surface area contributed by atoms with Crippen molar-refractivity contribution in [1.82, 2.24) is 4.98 Å². The third kappa shape index (κ3) is 3.03. The Labute approximate surface area is 114 Å². The number of rotatable bonds is 3. The van der Waals surface area contributed by atoms with Gasteiger partial charge in [0, 0.05) is 7.11 Å². The van der Waals surface area contributed by atoms with Gasteiger partial charge in [-0.05, 0) is 12.8 Å². The highest BCUT2D eigenvalue weighted by Crippen LogP contribution is 2.27. The molecule has 0 amide bonds. The van der Waals surface area contributed by atoms with Crippen molar-refractivity contribution in [2.45, 2.75) is 44.2 Å². The number of methoxy groups -OCH3 is 1. The first-order valence-corrected chi connectivity index (χ1v) is 6.54. The van der Waals surface area contributed by atoms with Crippen LogP contribution in [0.3, 0.4) is 0 Å². The lowest BCUT2D eigenvalue weighted by Crippen LogP contribution is -2.35. The second-order valence-electron chi connectivity index (χ2n) is 4.86. The van der Waals surface area contributed by atoms with Gasteiger partial charge in [0.05, 0.1) is 12.1 Å². The molecule has 0 saturated heterocycles. The fourth-order valence-electron chi connectivity index (χ4n) is 2.52. The average Bonchev–Trinajstić information content (AvgIpc) is 2.66. The molecule has 2 atom stereocenters. The number of hydrogen-bond acceptors (Lipinski definition) is 3. The Hall–Kier alpha value is -1.37. The van der Waals surface area contributed by atoms with Crippen LogP contribution in [-0.4, -0.2) is 24.2 Å². The van der Waals surface area contributed by atoms with Gasteiger partial charge in [0.15, 0.2) is 0 Å². The molecule has 0 spiro atoms. The fraction of sp³-hybridized carbons (Fsp3) is 0.615. The molecule has 0 unspecified atom stereocenters. The van der Waals surface area contributed by atoms with Gasteiger partial charge in [-0.15, -0.1) is 0 Å². The number of anilines is 1. The van der Waals surface area contributed by atoms with Crippen molar-refractivity contribution >= 4 is 5.69 Å². The zero-order valence-electron chi connectivity index (χ0n) is 11.1. The maximum Gasteiger partial charge on any atom is 0.253 e. The lowest BCUT2D eigenvalue weighted by atomic mass is 10.1. The summed E-state index contributed by atoms with van der Waals surface area (Å²) in [4.78, 5) is 2.53. The zero-order chi connectivity index (χ0) is 14.7. The molecule has 7 heteroatoms. The van der Waals surface area contributed by atoms with Gasteiger partial charge in [-0.25, -0.2) is 0 Å². The van der Waals surface area contributed by atoms with Crippen LogP contribution >= 0.6 is 0 Å². The van der Waals surface area contributed by atoms with Crippen LogP contribution in [0.4, 0.5) is 23.2 Å². The maximum absolute atomic E-state index is 13.6. The number of ether oxygens (including phenoxy) is 1. The van der Waals surface area contributed by atoms with Crippen LogP contribution in [0.1, 0.15) is 32.1 Å². The number of halogens is 4. The molecule has 3 nitrogen and oxygen atoms in total. The molecule has 1 saturated carbocycles. The molecule has 0 aliphatic heterocycles. The Morgan fingerprint density at radius 1 is 1.00 bits per heavy atom. The molecule has 1 aromatic rings. The molecule has 0 bridgehead atoms. The lowest BCUT2D eigenvalue weighted by molar-refractivity contribution is 0.0804. The summed E-state index contributed by atoms with van der Waals surface area (Å²) < 4.78 is 58.6. The smallest absolute Gasteiger partial charge is 0.253 e. The highest BCUT2D eigenvalue weighted by atomic mass is 19.2. The quantitative estimate of drug-likeness (QED) is 0.527. The maximum atomic E-state index is 13.6. The highest BCUT2D eigenvalue weighted by molar-refractivity contribution is 5.46. The van der Waals surface area contributed by atoms with Crippen LogP contribution in [0.2, 0.25) is 0 Å². The van der Waals surface area contributed by atoms with Crippen LogP contribution in [0, 0.1) is 23.5 Å². The van der Waals surface area contributed by atoms with E-state index in [2.05, 4.69) is 10.3 Å². The van der Waals surface area contributed by atoms with Crippen LogP contribution in [0.15, 0.2) is 0 Å². The minimum Gasteiger partial charge on any atom is -0.379 e. The summed E-state index contributed by atoms with van der Waals surface area (Å²) >= 11 is 0. The van der Waals surface area contributed by atoms with E-state index in [1.165, 1.54) is 7.11 Å². The van der Waals surface area contributed by atoms with Crippen molar-refractivity contribution in [2.24, 2.45) is 0 Å². The van der Waals surface area contributed by atoms with E-state index in [9.17, 15) is 17.6 Å². The first-order chi connectivity index (χ1) is 9.54. The minimum absolute atomic E-state index is 0.254. The van der Waals surface area contributed by atoms with Gasteiger partial charge in [-0.2, -0.15) is 22.5 Å². The summed E-state index contributed by atoms with van der Waals surface area (Å²) in [6, 6.07) is -0.396. The van der Waals surface area contributed by atoms with Crippen molar-refractivity contribution in [3.63, 3.8) is 0 Å². The molecule has 1 fully saturated rings. The molecule has 0 aromatic carbocycles. The Balaban J connectivity index is 2.28. The summed E-state index contributed by atoms with van der Waals surface area (Å²) in [7, 11) is 1.51. The molecular formula is C13H16F4N2O. The van der Waals surface area contributed by atoms with E-state index >= 15 is 0 Å². The van der Waals surface area contributed by atoms with Gasteiger partial charge in [-0.1, -0.05) is 19.3 Å². The summed E-state index contributed by atoms with van der Waals surface area (Å²) in [5, 5.41) is 2.55. The van der Waals surface area contributed by atoms with Gasteiger partial charge >= 0.3 is 0 Å². The van der Waals surface area contributed by atoms with Crippen LogP contribution in [0.25, 0.3) is 0 Å². The largest absolute Gasteiger partial charge is 0.379 e. The van der Waals surface area contributed by atoms with Gasteiger partial charge in [0.1, 0.15) is 5.69 Å². The third-order valence-electron chi connectivity index (χ3n) is 3.58.